The number of aromatic carboxylic acids is 1. The molecule has 1 atom stereocenters. The van der Waals surface area contributed by atoms with Crippen LogP contribution in [0.3, 0.4) is 0 Å². The third kappa shape index (κ3) is 2.56. The number of carboxylic acid groups (broad SMARTS) is 1. The van der Waals surface area contributed by atoms with Gasteiger partial charge < -0.3 is 20.8 Å². The average molecular weight is 250 g/mol. The molecule has 4 N–H and O–H groups in total. The lowest BCUT2D eigenvalue weighted by Crippen LogP contribution is -2.46. The number of carbonyl (C=O) groups is 1. The molecule has 1 aliphatic rings. The first-order valence-electron chi connectivity index (χ1n) is 5.99. The summed E-state index contributed by atoms with van der Waals surface area (Å²) < 4.78 is 0. The standard InChI is InChI=1S/C13H18N2O3/c1-13(18)5-2-6-15(8-13)11-7-9(14)3-4-10(11)12(16)17/h3-4,7,18H,2,5-6,8,14H2,1H3,(H,16,17). The second kappa shape index (κ2) is 4.49. The van der Waals surface area contributed by atoms with Crippen LogP contribution in [0.25, 0.3) is 0 Å². The summed E-state index contributed by atoms with van der Waals surface area (Å²) in [5.74, 6) is -0.977. The van der Waals surface area contributed by atoms with Gasteiger partial charge in [-0.3, -0.25) is 0 Å². The van der Waals surface area contributed by atoms with E-state index in [1.54, 1.807) is 19.1 Å². The minimum Gasteiger partial charge on any atom is -0.478 e. The Kier molecular flexibility index (Phi) is 3.17. The fraction of sp³-hybridized carbons (Fsp3) is 0.462. The van der Waals surface area contributed by atoms with Crippen molar-refractivity contribution in [1.82, 2.24) is 0 Å². The number of nitrogens with two attached hydrogens (primary N) is 1. The molecule has 0 saturated carbocycles. The summed E-state index contributed by atoms with van der Waals surface area (Å²) in [5.41, 5.74) is 6.28. The van der Waals surface area contributed by atoms with Crippen molar-refractivity contribution in [3.05, 3.63) is 23.8 Å². The van der Waals surface area contributed by atoms with Crippen LogP contribution in [0.15, 0.2) is 18.2 Å². The molecule has 5 heteroatoms. The zero-order valence-corrected chi connectivity index (χ0v) is 10.4. The number of hydrogen-bond acceptors (Lipinski definition) is 4. The van der Waals surface area contributed by atoms with Gasteiger partial charge in [0, 0.05) is 18.8 Å². The van der Waals surface area contributed by atoms with Gasteiger partial charge in [-0.15, -0.1) is 0 Å². The van der Waals surface area contributed by atoms with Gasteiger partial charge in [-0.1, -0.05) is 0 Å². The van der Waals surface area contributed by atoms with Crippen LogP contribution >= 0.6 is 0 Å². The number of rotatable bonds is 2. The van der Waals surface area contributed by atoms with Gasteiger partial charge in [0.1, 0.15) is 0 Å². The van der Waals surface area contributed by atoms with Crippen molar-refractivity contribution < 1.29 is 15.0 Å². The second-order valence-electron chi connectivity index (χ2n) is 5.10. The zero-order chi connectivity index (χ0) is 13.3. The van der Waals surface area contributed by atoms with Crippen LogP contribution in [0.5, 0.6) is 0 Å². The van der Waals surface area contributed by atoms with E-state index >= 15 is 0 Å². The highest BCUT2D eigenvalue weighted by atomic mass is 16.4. The third-order valence-corrected chi connectivity index (χ3v) is 3.27. The number of aliphatic hydroxyl groups is 1. The predicted molar refractivity (Wildman–Crippen MR) is 69.9 cm³/mol. The van der Waals surface area contributed by atoms with Gasteiger partial charge in [0.2, 0.25) is 0 Å². The first-order chi connectivity index (χ1) is 8.39. The van der Waals surface area contributed by atoms with Crippen LogP contribution < -0.4 is 10.6 Å². The molecule has 1 aromatic rings. The molecule has 5 nitrogen and oxygen atoms in total. The molecule has 0 aliphatic carbocycles. The molecule has 2 rings (SSSR count). The molecule has 0 bridgehead atoms. The number of anilines is 2. The lowest BCUT2D eigenvalue weighted by atomic mass is 9.94. The molecule has 1 aliphatic heterocycles. The van der Waals surface area contributed by atoms with E-state index in [0.29, 0.717) is 17.9 Å². The summed E-state index contributed by atoms with van der Waals surface area (Å²) in [6.45, 7) is 2.93. The Labute approximate surface area is 106 Å². The molecule has 0 aromatic heterocycles. The van der Waals surface area contributed by atoms with E-state index in [2.05, 4.69) is 0 Å². The van der Waals surface area contributed by atoms with E-state index in [4.69, 9.17) is 5.73 Å². The smallest absolute Gasteiger partial charge is 0.337 e. The normalized spacial score (nSPS) is 24.0. The fourth-order valence-electron chi connectivity index (χ4n) is 2.42. The number of nitrogen functional groups attached to an aromatic ring is 1. The van der Waals surface area contributed by atoms with Gasteiger partial charge in [0.15, 0.2) is 0 Å². The topological polar surface area (TPSA) is 86.8 Å². The van der Waals surface area contributed by atoms with Crippen molar-refractivity contribution in [1.29, 1.82) is 0 Å². The summed E-state index contributed by atoms with van der Waals surface area (Å²) in [6.07, 6.45) is 1.56. The monoisotopic (exact) mass is 250 g/mol. The van der Waals surface area contributed by atoms with Gasteiger partial charge >= 0.3 is 5.97 Å². The number of β-amino-alcohol motifs (C(OH)–C–C–N with tert-alkyl or cyclic N) is 1. The largest absolute Gasteiger partial charge is 0.478 e. The lowest BCUT2D eigenvalue weighted by molar-refractivity contribution is 0.0446. The lowest BCUT2D eigenvalue weighted by Gasteiger charge is -2.38. The predicted octanol–water partition coefficient (Wildman–Crippen LogP) is 1.32. The Morgan fingerprint density at radius 3 is 2.83 bits per heavy atom. The minimum atomic E-state index is -0.977. The van der Waals surface area contributed by atoms with Crippen LogP contribution in [0, 0.1) is 0 Å². The van der Waals surface area contributed by atoms with Crippen molar-refractivity contribution in [3.63, 3.8) is 0 Å². The molecule has 98 valence electrons. The zero-order valence-electron chi connectivity index (χ0n) is 10.4. The molecule has 18 heavy (non-hydrogen) atoms. The van der Waals surface area contributed by atoms with Gasteiger partial charge in [0.05, 0.1) is 16.9 Å². The summed E-state index contributed by atoms with van der Waals surface area (Å²) in [7, 11) is 0. The van der Waals surface area contributed by atoms with E-state index in [1.807, 2.05) is 4.90 Å². The summed E-state index contributed by atoms with van der Waals surface area (Å²) >= 11 is 0. The number of nitrogens with zero attached hydrogens (tertiary/aromatic N) is 1. The van der Waals surface area contributed by atoms with Crippen LogP contribution in [0.2, 0.25) is 0 Å². The molecule has 0 amide bonds. The molecule has 0 radical (unpaired) electrons. The Hall–Kier alpha value is -1.75. The van der Waals surface area contributed by atoms with E-state index in [0.717, 1.165) is 19.4 Å². The maximum Gasteiger partial charge on any atom is 0.337 e. The quantitative estimate of drug-likeness (QED) is 0.689. The fourth-order valence-corrected chi connectivity index (χ4v) is 2.42. The van der Waals surface area contributed by atoms with Crippen molar-refractivity contribution in [2.75, 3.05) is 23.7 Å². The van der Waals surface area contributed by atoms with Crippen molar-refractivity contribution in [2.24, 2.45) is 0 Å². The SMILES string of the molecule is CC1(O)CCCN(c2cc(N)ccc2C(=O)O)C1. The van der Waals surface area contributed by atoms with E-state index in [9.17, 15) is 15.0 Å². The molecule has 1 saturated heterocycles. The molecule has 1 heterocycles. The molecule has 1 unspecified atom stereocenters. The minimum absolute atomic E-state index is 0.224. The van der Waals surface area contributed by atoms with Gasteiger partial charge in [-0.05, 0) is 38.0 Å². The number of benzene rings is 1. The first-order valence-corrected chi connectivity index (χ1v) is 5.99. The molecular formula is C13H18N2O3. The van der Waals surface area contributed by atoms with Gasteiger partial charge in [0.25, 0.3) is 0 Å². The Morgan fingerprint density at radius 1 is 1.50 bits per heavy atom. The Balaban J connectivity index is 2.37. The van der Waals surface area contributed by atoms with Crippen molar-refractivity contribution in [3.8, 4) is 0 Å². The number of hydrogen-bond donors (Lipinski definition) is 3. The molecular weight excluding hydrogens is 232 g/mol. The maximum absolute atomic E-state index is 11.2. The first kappa shape index (κ1) is 12.7. The molecule has 0 spiro atoms. The number of carboxylic acids is 1. The highest BCUT2D eigenvalue weighted by Gasteiger charge is 2.30. The third-order valence-electron chi connectivity index (χ3n) is 3.27. The van der Waals surface area contributed by atoms with Crippen LogP contribution in [-0.4, -0.2) is 34.9 Å². The number of piperidine rings is 1. The molecule has 1 fully saturated rings. The van der Waals surface area contributed by atoms with Crippen LogP contribution in [0.1, 0.15) is 30.1 Å². The molecule has 1 aromatic carbocycles. The van der Waals surface area contributed by atoms with Gasteiger partial charge in [-0.25, -0.2) is 4.79 Å². The van der Waals surface area contributed by atoms with Crippen molar-refractivity contribution >= 4 is 17.3 Å². The van der Waals surface area contributed by atoms with Gasteiger partial charge in [-0.2, -0.15) is 0 Å². The summed E-state index contributed by atoms with van der Waals surface area (Å²) in [4.78, 5) is 13.1. The van der Waals surface area contributed by atoms with Crippen LogP contribution in [0.4, 0.5) is 11.4 Å². The van der Waals surface area contributed by atoms with Crippen LogP contribution in [-0.2, 0) is 0 Å². The van der Waals surface area contributed by atoms with Crippen molar-refractivity contribution in [2.45, 2.75) is 25.4 Å². The second-order valence-corrected chi connectivity index (χ2v) is 5.10. The van der Waals surface area contributed by atoms with E-state index in [-0.39, 0.29) is 5.56 Å². The summed E-state index contributed by atoms with van der Waals surface area (Å²) in [6, 6.07) is 4.75. The average Bonchev–Trinajstić information content (AvgIpc) is 2.27. The Morgan fingerprint density at radius 2 is 2.22 bits per heavy atom. The highest BCUT2D eigenvalue weighted by Crippen LogP contribution is 2.29. The summed E-state index contributed by atoms with van der Waals surface area (Å²) in [5, 5.41) is 19.3. The maximum atomic E-state index is 11.2. The Bertz CT molecular complexity index is 471. The van der Waals surface area contributed by atoms with E-state index < -0.39 is 11.6 Å². The van der Waals surface area contributed by atoms with E-state index in [1.165, 1.54) is 6.07 Å². The highest BCUT2D eigenvalue weighted by molar-refractivity contribution is 5.95.